The third-order valence-corrected chi connectivity index (χ3v) is 2.52. The Kier molecular flexibility index (Phi) is 3.38. The molecule has 0 aliphatic carbocycles. The van der Waals surface area contributed by atoms with Crippen LogP contribution in [-0.2, 0) is 6.54 Å². The van der Waals surface area contributed by atoms with Crippen LogP contribution in [0, 0.1) is 18.6 Å². The highest BCUT2D eigenvalue weighted by atomic mass is 19.2. The molecule has 0 saturated heterocycles. The van der Waals surface area contributed by atoms with Gasteiger partial charge in [0, 0.05) is 6.54 Å². The largest absolute Gasteiger partial charge is 0.379 e. The Morgan fingerprint density at radius 2 is 1.82 bits per heavy atom. The number of hydrogen-bond acceptors (Lipinski definition) is 1. The molecule has 0 radical (unpaired) electrons. The van der Waals surface area contributed by atoms with Crippen LogP contribution in [0.2, 0.25) is 0 Å². The molecule has 0 heterocycles. The van der Waals surface area contributed by atoms with Crippen LogP contribution in [0.1, 0.15) is 11.1 Å². The fourth-order valence-corrected chi connectivity index (χ4v) is 1.66. The summed E-state index contributed by atoms with van der Waals surface area (Å²) in [6.07, 6.45) is 0. The summed E-state index contributed by atoms with van der Waals surface area (Å²) in [6, 6.07) is 12.0. The summed E-state index contributed by atoms with van der Waals surface area (Å²) < 4.78 is 26.3. The molecule has 0 saturated carbocycles. The number of benzene rings is 2. The van der Waals surface area contributed by atoms with E-state index in [1.54, 1.807) is 0 Å². The van der Waals surface area contributed by atoms with Gasteiger partial charge in [0.25, 0.3) is 0 Å². The summed E-state index contributed by atoms with van der Waals surface area (Å²) in [5.41, 5.74) is 2.36. The van der Waals surface area contributed by atoms with Crippen molar-refractivity contribution in [3.8, 4) is 0 Å². The Hall–Kier alpha value is -1.90. The molecular weight excluding hydrogens is 220 g/mol. The van der Waals surface area contributed by atoms with Gasteiger partial charge in [-0.05, 0) is 24.6 Å². The second kappa shape index (κ2) is 4.95. The Labute approximate surface area is 99.1 Å². The molecule has 0 fully saturated rings. The van der Waals surface area contributed by atoms with E-state index < -0.39 is 11.6 Å². The van der Waals surface area contributed by atoms with E-state index in [0.717, 1.165) is 17.2 Å². The van der Waals surface area contributed by atoms with E-state index in [2.05, 4.69) is 5.32 Å². The molecule has 2 aromatic carbocycles. The van der Waals surface area contributed by atoms with Crippen LogP contribution in [0.3, 0.4) is 0 Å². The van der Waals surface area contributed by atoms with Gasteiger partial charge in [-0.15, -0.1) is 0 Å². The maximum Gasteiger partial charge on any atom is 0.181 e. The van der Waals surface area contributed by atoms with Crippen LogP contribution >= 0.6 is 0 Å². The first-order valence-corrected chi connectivity index (χ1v) is 5.40. The molecular formula is C14H13F2N. The first kappa shape index (κ1) is 11.6. The van der Waals surface area contributed by atoms with E-state index >= 15 is 0 Å². The minimum Gasteiger partial charge on any atom is -0.379 e. The van der Waals surface area contributed by atoms with E-state index in [1.165, 1.54) is 12.1 Å². The number of aryl methyl sites for hydroxylation is 1. The molecule has 0 bridgehead atoms. The van der Waals surface area contributed by atoms with Gasteiger partial charge < -0.3 is 5.32 Å². The highest BCUT2D eigenvalue weighted by molar-refractivity contribution is 5.45. The fourth-order valence-electron chi connectivity index (χ4n) is 1.66. The van der Waals surface area contributed by atoms with Crippen LogP contribution in [0.25, 0.3) is 0 Å². The third kappa shape index (κ3) is 2.81. The maximum absolute atomic E-state index is 13.3. The van der Waals surface area contributed by atoms with Gasteiger partial charge in [0.15, 0.2) is 11.6 Å². The van der Waals surface area contributed by atoms with Gasteiger partial charge >= 0.3 is 0 Å². The molecule has 3 heteroatoms. The lowest BCUT2D eigenvalue weighted by molar-refractivity contribution is 0.511. The highest BCUT2D eigenvalue weighted by Crippen LogP contribution is 2.17. The average molecular weight is 233 g/mol. The summed E-state index contributed by atoms with van der Waals surface area (Å²) in [4.78, 5) is 0. The SMILES string of the molecule is Cc1cccc(CNc2cccc(F)c2F)c1. The van der Waals surface area contributed by atoms with E-state index in [4.69, 9.17) is 0 Å². The summed E-state index contributed by atoms with van der Waals surface area (Å²) in [6.45, 7) is 2.47. The van der Waals surface area contributed by atoms with Gasteiger partial charge in [-0.2, -0.15) is 0 Å². The van der Waals surface area contributed by atoms with Crippen LogP contribution in [0.5, 0.6) is 0 Å². The number of hydrogen-bond donors (Lipinski definition) is 1. The van der Waals surface area contributed by atoms with Gasteiger partial charge in [0.1, 0.15) is 0 Å². The van der Waals surface area contributed by atoms with Gasteiger partial charge in [0.05, 0.1) is 5.69 Å². The minimum atomic E-state index is -0.834. The summed E-state index contributed by atoms with van der Waals surface area (Å²) in [7, 11) is 0. The molecule has 0 atom stereocenters. The zero-order valence-corrected chi connectivity index (χ0v) is 9.50. The molecule has 0 unspecified atom stereocenters. The molecule has 2 rings (SSSR count). The molecule has 2 aromatic rings. The van der Waals surface area contributed by atoms with Crippen LogP contribution in [0.15, 0.2) is 42.5 Å². The number of halogens is 2. The quantitative estimate of drug-likeness (QED) is 0.848. The lowest BCUT2D eigenvalue weighted by Crippen LogP contribution is -2.02. The normalized spacial score (nSPS) is 10.3. The standard InChI is InChI=1S/C14H13F2N/c1-10-4-2-5-11(8-10)9-17-13-7-3-6-12(15)14(13)16/h2-8,17H,9H2,1H3. The first-order chi connectivity index (χ1) is 8.16. The van der Waals surface area contributed by atoms with Crippen molar-refractivity contribution in [2.24, 2.45) is 0 Å². The van der Waals surface area contributed by atoms with Gasteiger partial charge in [0.2, 0.25) is 0 Å². The van der Waals surface area contributed by atoms with Gasteiger partial charge in [-0.3, -0.25) is 0 Å². The lowest BCUT2D eigenvalue weighted by atomic mass is 10.1. The van der Waals surface area contributed by atoms with Crippen LogP contribution in [-0.4, -0.2) is 0 Å². The second-order valence-electron chi connectivity index (χ2n) is 3.94. The zero-order chi connectivity index (χ0) is 12.3. The fraction of sp³-hybridized carbons (Fsp3) is 0.143. The summed E-state index contributed by atoms with van der Waals surface area (Å²) in [5.74, 6) is -1.67. The molecule has 88 valence electrons. The number of anilines is 1. The van der Waals surface area contributed by atoms with Crippen molar-refractivity contribution in [1.82, 2.24) is 0 Å². The molecule has 1 N–H and O–H groups in total. The summed E-state index contributed by atoms with van der Waals surface area (Å²) in [5, 5.41) is 2.88. The molecule has 17 heavy (non-hydrogen) atoms. The molecule has 1 nitrogen and oxygen atoms in total. The third-order valence-electron chi connectivity index (χ3n) is 2.52. The Balaban J connectivity index is 2.10. The Morgan fingerprint density at radius 3 is 2.59 bits per heavy atom. The Bertz CT molecular complexity index is 523. The van der Waals surface area contributed by atoms with E-state index in [9.17, 15) is 8.78 Å². The van der Waals surface area contributed by atoms with Crippen molar-refractivity contribution in [2.75, 3.05) is 5.32 Å². The number of rotatable bonds is 3. The molecule has 0 aliphatic rings. The smallest absolute Gasteiger partial charge is 0.181 e. The van der Waals surface area contributed by atoms with E-state index in [0.29, 0.717) is 6.54 Å². The van der Waals surface area contributed by atoms with Crippen LogP contribution in [0.4, 0.5) is 14.5 Å². The van der Waals surface area contributed by atoms with Crippen LogP contribution < -0.4 is 5.32 Å². The minimum absolute atomic E-state index is 0.187. The monoisotopic (exact) mass is 233 g/mol. The highest BCUT2D eigenvalue weighted by Gasteiger charge is 2.06. The predicted octanol–water partition coefficient (Wildman–Crippen LogP) is 3.89. The van der Waals surface area contributed by atoms with Crippen molar-refractivity contribution >= 4 is 5.69 Å². The van der Waals surface area contributed by atoms with Crippen molar-refractivity contribution in [2.45, 2.75) is 13.5 Å². The van der Waals surface area contributed by atoms with Crippen molar-refractivity contribution in [1.29, 1.82) is 0 Å². The topological polar surface area (TPSA) is 12.0 Å². The summed E-state index contributed by atoms with van der Waals surface area (Å²) >= 11 is 0. The lowest BCUT2D eigenvalue weighted by Gasteiger charge is -2.08. The van der Waals surface area contributed by atoms with Crippen molar-refractivity contribution < 1.29 is 8.78 Å². The Morgan fingerprint density at radius 1 is 1.06 bits per heavy atom. The molecule has 0 aromatic heterocycles. The second-order valence-corrected chi connectivity index (χ2v) is 3.94. The molecule has 0 spiro atoms. The van der Waals surface area contributed by atoms with Crippen molar-refractivity contribution in [3.05, 3.63) is 65.2 Å². The first-order valence-electron chi connectivity index (χ1n) is 5.40. The predicted molar refractivity (Wildman–Crippen MR) is 64.9 cm³/mol. The van der Waals surface area contributed by atoms with Gasteiger partial charge in [-0.1, -0.05) is 35.9 Å². The maximum atomic E-state index is 13.3. The zero-order valence-electron chi connectivity index (χ0n) is 9.50. The molecule has 0 aliphatic heterocycles. The van der Waals surface area contributed by atoms with Crippen molar-refractivity contribution in [3.63, 3.8) is 0 Å². The molecule has 0 amide bonds. The number of nitrogens with one attached hydrogen (secondary N) is 1. The van der Waals surface area contributed by atoms with E-state index in [-0.39, 0.29) is 5.69 Å². The van der Waals surface area contributed by atoms with Gasteiger partial charge in [-0.25, -0.2) is 8.78 Å². The van der Waals surface area contributed by atoms with E-state index in [1.807, 2.05) is 31.2 Å². The average Bonchev–Trinajstić information content (AvgIpc) is 2.31.